The molecule has 1 aromatic carbocycles. The molecule has 138 valence electrons. The third-order valence-corrected chi connectivity index (χ3v) is 3.53. The molecule has 1 saturated heterocycles. The molecule has 1 aliphatic rings. The van der Waals surface area contributed by atoms with E-state index in [9.17, 15) is 28.2 Å². The Kier molecular flexibility index (Phi) is 6.04. The van der Waals surface area contributed by atoms with E-state index in [1.807, 2.05) is 0 Å². The molecule has 0 radical (unpaired) electrons. The molecule has 1 fully saturated rings. The first kappa shape index (κ1) is 19.2. The fourth-order valence-corrected chi connectivity index (χ4v) is 2.38. The lowest BCUT2D eigenvalue weighted by atomic mass is 10.1. The molecule has 3 unspecified atom stereocenters. The van der Waals surface area contributed by atoms with Gasteiger partial charge in [0.15, 0.2) is 0 Å². The van der Waals surface area contributed by atoms with Crippen LogP contribution in [0.4, 0.5) is 13.2 Å². The van der Waals surface area contributed by atoms with Gasteiger partial charge in [-0.1, -0.05) is 12.1 Å². The van der Waals surface area contributed by atoms with Crippen molar-refractivity contribution in [2.24, 2.45) is 0 Å². The highest BCUT2D eigenvalue weighted by Gasteiger charge is 2.32. The summed E-state index contributed by atoms with van der Waals surface area (Å²) in [5, 5.41) is 28.0. The van der Waals surface area contributed by atoms with E-state index in [4.69, 9.17) is 14.6 Å². The summed E-state index contributed by atoms with van der Waals surface area (Å²) in [6, 6.07) is 4.11. The van der Waals surface area contributed by atoms with Gasteiger partial charge in [-0.05, 0) is 23.8 Å². The minimum Gasteiger partial charge on any atom is -0.475 e. The van der Waals surface area contributed by atoms with Crippen LogP contribution in [0.1, 0.15) is 24.0 Å². The van der Waals surface area contributed by atoms with Gasteiger partial charge in [0.05, 0.1) is 24.4 Å². The van der Waals surface area contributed by atoms with Crippen molar-refractivity contribution in [3.05, 3.63) is 41.2 Å². The number of hydrogen-bond acceptors (Lipinski definition) is 5. The molecule has 1 heterocycles. The minimum atomic E-state index is -4.56. The van der Waals surface area contributed by atoms with Crippen molar-refractivity contribution >= 4 is 12.0 Å². The molecule has 0 saturated carbocycles. The number of carboxylic acids is 1. The second kappa shape index (κ2) is 7.85. The average Bonchev–Trinajstić information content (AvgIpc) is 2.53. The van der Waals surface area contributed by atoms with Gasteiger partial charge >= 0.3 is 12.1 Å². The number of aliphatic hydroxyl groups is 2. The fourth-order valence-electron chi connectivity index (χ4n) is 2.38. The van der Waals surface area contributed by atoms with Crippen molar-refractivity contribution in [2.75, 3.05) is 6.61 Å². The lowest BCUT2D eigenvalue weighted by molar-refractivity contribution is -0.208. The first-order chi connectivity index (χ1) is 11.7. The smallest absolute Gasteiger partial charge is 0.416 e. The summed E-state index contributed by atoms with van der Waals surface area (Å²) in [6.07, 6.45) is -6.15. The number of hydrogen-bond donors (Lipinski definition) is 3. The molecular weight excluding hydrogens is 345 g/mol. The van der Waals surface area contributed by atoms with Gasteiger partial charge in [0.2, 0.25) is 12.0 Å². The Morgan fingerprint density at radius 3 is 2.68 bits per heavy atom. The number of benzene rings is 1. The number of rotatable bonds is 5. The quantitative estimate of drug-likeness (QED) is 0.548. The third kappa shape index (κ3) is 5.45. The predicted molar refractivity (Wildman–Crippen MR) is 79.1 cm³/mol. The number of aliphatic carboxylic acids is 1. The molecular formula is C16H17F3O6. The van der Waals surface area contributed by atoms with E-state index in [0.717, 1.165) is 24.3 Å². The molecule has 1 aliphatic heterocycles. The largest absolute Gasteiger partial charge is 0.475 e. The highest BCUT2D eigenvalue weighted by molar-refractivity contribution is 5.89. The molecule has 0 aliphatic carbocycles. The van der Waals surface area contributed by atoms with Crippen LogP contribution in [0.15, 0.2) is 30.0 Å². The summed E-state index contributed by atoms with van der Waals surface area (Å²) in [5.74, 6) is -2.13. The standard InChI is InChI=1S/C16H17F3O6/c17-16(18,19)10-3-1-2-9(4-10)5-13(15(22)23)25-14-7-11(21)6-12(8-20)24-14/h1-5,11-12,14,20-21H,6-8H2,(H,22,23)/b13-5-. The maximum absolute atomic E-state index is 12.7. The van der Waals surface area contributed by atoms with Gasteiger partial charge in [-0.25, -0.2) is 4.79 Å². The van der Waals surface area contributed by atoms with Crippen LogP contribution in [0, 0.1) is 0 Å². The van der Waals surface area contributed by atoms with Crippen LogP contribution in [-0.2, 0) is 20.4 Å². The summed E-state index contributed by atoms with van der Waals surface area (Å²) < 4.78 is 48.6. The first-order valence-corrected chi connectivity index (χ1v) is 7.42. The summed E-state index contributed by atoms with van der Waals surface area (Å²) >= 11 is 0. The average molecular weight is 362 g/mol. The topological polar surface area (TPSA) is 96.2 Å². The van der Waals surface area contributed by atoms with Crippen LogP contribution in [0.5, 0.6) is 0 Å². The van der Waals surface area contributed by atoms with Gasteiger partial charge in [0.25, 0.3) is 0 Å². The molecule has 3 atom stereocenters. The minimum absolute atomic E-state index is 0.0118. The van der Waals surface area contributed by atoms with Gasteiger partial charge in [-0.3, -0.25) is 0 Å². The zero-order valence-electron chi connectivity index (χ0n) is 12.9. The first-order valence-electron chi connectivity index (χ1n) is 7.42. The van der Waals surface area contributed by atoms with Crippen LogP contribution in [0.2, 0.25) is 0 Å². The third-order valence-electron chi connectivity index (χ3n) is 3.53. The van der Waals surface area contributed by atoms with Crippen LogP contribution < -0.4 is 0 Å². The monoisotopic (exact) mass is 362 g/mol. The van der Waals surface area contributed by atoms with Gasteiger partial charge in [-0.2, -0.15) is 13.2 Å². The molecule has 0 amide bonds. The van der Waals surface area contributed by atoms with E-state index >= 15 is 0 Å². The van der Waals surface area contributed by atoms with Crippen molar-refractivity contribution < 1.29 is 42.8 Å². The van der Waals surface area contributed by atoms with E-state index in [0.29, 0.717) is 0 Å². The van der Waals surface area contributed by atoms with Crippen molar-refractivity contribution in [1.82, 2.24) is 0 Å². The molecule has 6 nitrogen and oxygen atoms in total. The van der Waals surface area contributed by atoms with Gasteiger partial charge in [-0.15, -0.1) is 0 Å². The Labute approximate surface area is 141 Å². The van der Waals surface area contributed by atoms with Crippen LogP contribution in [0.25, 0.3) is 6.08 Å². The number of halogens is 3. The number of carboxylic acid groups (broad SMARTS) is 1. The summed E-state index contributed by atoms with van der Waals surface area (Å²) in [4.78, 5) is 11.3. The lowest BCUT2D eigenvalue weighted by Crippen LogP contribution is -2.39. The summed E-state index contributed by atoms with van der Waals surface area (Å²) in [7, 11) is 0. The van der Waals surface area contributed by atoms with E-state index in [-0.39, 0.29) is 25.0 Å². The zero-order chi connectivity index (χ0) is 18.6. The van der Waals surface area contributed by atoms with E-state index in [1.54, 1.807) is 0 Å². The SMILES string of the molecule is O=C(O)/C(=C/c1cccc(C(F)(F)F)c1)OC1CC(O)CC(CO)O1. The summed E-state index contributed by atoms with van der Waals surface area (Å²) in [5.41, 5.74) is -0.932. The Bertz CT molecular complexity index is 643. The maximum Gasteiger partial charge on any atom is 0.416 e. The number of ether oxygens (including phenoxy) is 2. The number of aliphatic hydroxyl groups excluding tert-OH is 2. The molecule has 1 aromatic rings. The molecule has 9 heteroatoms. The maximum atomic E-state index is 12.7. The van der Waals surface area contributed by atoms with E-state index in [2.05, 4.69) is 0 Å². The van der Waals surface area contributed by atoms with E-state index in [1.165, 1.54) is 6.07 Å². The Balaban J connectivity index is 2.20. The molecule has 0 bridgehead atoms. The lowest BCUT2D eigenvalue weighted by Gasteiger charge is -2.32. The second-order valence-corrected chi connectivity index (χ2v) is 5.55. The van der Waals surface area contributed by atoms with Crippen molar-refractivity contribution in [3.8, 4) is 0 Å². The molecule has 3 N–H and O–H groups in total. The van der Waals surface area contributed by atoms with Crippen LogP contribution in [-0.4, -0.2) is 46.4 Å². The normalized spacial score (nSPS) is 24.8. The molecule has 25 heavy (non-hydrogen) atoms. The van der Waals surface area contributed by atoms with Gasteiger partial charge < -0.3 is 24.8 Å². The summed E-state index contributed by atoms with van der Waals surface area (Å²) in [6.45, 7) is -0.378. The number of carbonyl (C=O) groups is 1. The van der Waals surface area contributed by atoms with E-state index < -0.39 is 42.0 Å². The predicted octanol–water partition coefficient (Wildman–Crippen LogP) is 2.01. The van der Waals surface area contributed by atoms with Gasteiger partial charge in [0.1, 0.15) is 0 Å². The van der Waals surface area contributed by atoms with Crippen molar-refractivity contribution in [2.45, 2.75) is 37.5 Å². The molecule has 0 aromatic heterocycles. The fraction of sp³-hybridized carbons (Fsp3) is 0.438. The van der Waals surface area contributed by atoms with Crippen molar-refractivity contribution in [3.63, 3.8) is 0 Å². The molecule has 0 spiro atoms. The number of alkyl halides is 3. The van der Waals surface area contributed by atoms with Gasteiger partial charge in [0, 0.05) is 12.8 Å². The Hall–Kier alpha value is -2.10. The van der Waals surface area contributed by atoms with Crippen LogP contribution in [0.3, 0.4) is 0 Å². The second-order valence-electron chi connectivity index (χ2n) is 5.55. The zero-order valence-corrected chi connectivity index (χ0v) is 12.9. The van der Waals surface area contributed by atoms with Crippen LogP contribution >= 0.6 is 0 Å². The highest BCUT2D eigenvalue weighted by atomic mass is 19.4. The van der Waals surface area contributed by atoms with Crippen molar-refractivity contribution in [1.29, 1.82) is 0 Å². The Morgan fingerprint density at radius 1 is 1.36 bits per heavy atom. The molecule has 2 rings (SSSR count). The highest BCUT2D eigenvalue weighted by Crippen LogP contribution is 2.30. The Morgan fingerprint density at radius 2 is 2.08 bits per heavy atom.